The second kappa shape index (κ2) is 8.05. The van der Waals surface area contributed by atoms with Gasteiger partial charge in [-0.05, 0) is 62.4 Å². The van der Waals surface area contributed by atoms with Gasteiger partial charge in [0.1, 0.15) is 11.2 Å². The Morgan fingerprint density at radius 3 is 2.64 bits per heavy atom. The average molecular weight is 494 g/mol. The van der Waals surface area contributed by atoms with E-state index in [1.807, 2.05) is 6.07 Å². The van der Waals surface area contributed by atoms with Gasteiger partial charge in [0.25, 0.3) is 6.43 Å². The van der Waals surface area contributed by atoms with Gasteiger partial charge in [0.2, 0.25) is 10.0 Å². The van der Waals surface area contributed by atoms with Crippen LogP contribution in [0.4, 0.5) is 8.78 Å². The minimum Gasteiger partial charge on any atom is -0.317 e. The standard InChI is InChI=1S/C20H21F2N7O2S2/c1-29-16-13(11-2-6-24-7-3-11)8-12(33(30,31)28-20(10-23)4-5-20)9-14(16)15(27-29)18-25-26-19(32-18)17(21)22/h8-9,11,17,24,28H,2-7H2,1H3. The number of piperidine rings is 1. The Morgan fingerprint density at radius 1 is 1.30 bits per heavy atom. The zero-order valence-corrected chi connectivity index (χ0v) is 19.3. The zero-order valence-electron chi connectivity index (χ0n) is 17.7. The van der Waals surface area contributed by atoms with Crippen molar-refractivity contribution in [2.24, 2.45) is 7.05 Å². The first-order chi connectivity index (χ1) is 15.7. The Morgan fingerprint density at radius 2 is 2.03 bits per heavy atom. The fraction of sp³-hybridized carbons (Fsp3) is 0.500. The van der Waals surface area contributed by atoms with Crippen molar-refractivity contribution in [1.29, 1.82) is 5.26 Å². The van der Waals surface area contributed by atoms with E-state index in [-0.39, 0.29) is 15.8 Å². The van der Waals surface area contributed by atoms with Gasteiger partial charge < -0.3 is 5.32 Å². The minimum atomic E-state index is -4.00. The smallest absolute Gasteiger partial charge is 0.291 e. The predicted molar refractivity (Wildman–Crippen MR) is 117 cm³/mol. The quantitative estimate of drug-likeness (QED) is 0.541. The van der Waals surface area contributed by atoms with Crippen LogP contribution in [-0.4, -0.2) is 47.0 Å². The van der Waals surface area contributed by atoms with E-state index in [9.17, 15) is 22.5 Å². The van der Waals surface area contributed by atoms with Crippen LogP contribution in [0.1, 0.15) is 48.6 Å². The third-order valence-corrected chi connectivity index (χ3v) is 8.61. The molecule has 2 aromatic heterocycles. The van der Waals surface area contributed by atoms with Gasteiger partial charge in [-0.25, -0.2) is 17.2 Å². The van der Waals surface area contributed by atoms with Crippen LogP contribution in [0.5, 0.6) is 0 Å². The first kappa shape index (κ1) is 22.3. The Hall–Kier alpha value is -2.53. The largest absolute Gasteiger partial charge is 0.317 e. The molecule has 13 heteroatoms. The van der Waals surface area contributed by atoms with Crippen LogP contribution in [0.2, 0.25) is 0 Å². The molecule has 2 fully saturated rings. The summed E-state index contributed by atoms with van der Waals surface area (Å²) in [5.41, 5.74) is 0.818. The monoisotopic (exact) mass is 493 g/mol. The topological polar surface area (TPSA) is 126 Å². The van der Waals surface area contributed by atoms with Crippen molar-refractivity contribution >= 4 is 32.3 Å². The van der Waals surface area contributed by atoms with E-state index in [1.165, 1.54) is 6.07 Å². The van der Waals surface area contributed by atoms with Crippen LogP contribution in [0.25, 0.3) is 21.6 Å². The molecule has 2 N–H and O–H groups in total. The molecule has 3 aromatic rings. The number of hydrogen-bond acceptors (Lipinski definition) is 8. The normalized spacial score (nSPS) is 18.6. The van der Waals surface area contributed by atoms with Gasteiger partial charge >= 0.3 is 0 Å². The summed E-state index contributed by atoms with van der Waals surface area (Å²) in [6.45, 7) is 1.61. The highest BCUT2D eigenvalue weighted by Gasteiger charge is 2.47. The summed E-state index contributed by atoms with van der Waals surface area (Å²) in [5.74, 6) is 0.101. The molecular formula is C20H21F2N7O2S2. The van der Waals surface area contributed by atoms with Gasteiger partial charge in [-0.2, -0.15) is 15.1 Å². The highest BCUT2D eigenvalue weighted by atomic mass is 32.2. The number of aryl methyl sites for hydroxylation is 1. The second-order valence-electron chi connectivity index (χ2n) is 8.45. The number of aromatic nitrogens is 4. The molecular weight excluding hydrogens is 472 g/mol. The Kier molecular flexibility index (Phi) is 5.43. The highest BCUT2D eigenvalue weighted by Crippen LogP contribution is 2.40. The molecule has 1 aliphatic carbocycles. The van der Waals surface area contributed by atoms with E-state index in [0.29, 0.717) is 23.9 Å². The van der Waals surface area contributed by atoms with Crippen LogP contribution in [-0.2, 0) is 17.1 Å². The van der Waals surface area contributed by atoms with Crippen LogP contribution < -0.4 is 10.0 Å². The first-order valence-electron chi connectivity index (χ1n) is 10.5. The lowest BCUT2D eigenvalue weighted by Gasteiger charge is -2.24. The number of alkyl halides is 2. The number of fused-ring (bicyclic) bond motifs is 1. The van der Waals surface area contributed by atoms with Crippen LogP contribution in [0.15, 0.2) is 17.0 Å². The van der Waals surface area contributed by atoms with E-state index in [4.69, 9.17) is 0 Å². The summed E-state index contributed by atoms with van der Waals surface area (Å²) in [6.07, 6.45) is -0.180. The van der Waals surface area contributed by atoms with Crippen LogP contribution in [0.3, 0.4) is 0 Å². The van der Waals surface area contributed by atoms with Gasteiger partial charge in [0, 0.05) is 12.4 Å². The van der Waals surface area contributed by atoms with Gasteiger partial charge in [-0.1, -0.05) is 11.3 Å². The fourth-order valence-electron chi connectivity index (χ4n) is 4.28. The molecule has 1 aliphatic heterocycles. The fourth-order valence-corrected chi connectivity index (χ4v) is 6.41. The molecule has 1 aromatic carbocycles. The molecule has 0 unspecified atom stereocenters. The van der Waals surface area contributed by atoms with Crippen LogP contribution in [0, 0.1) is 11.3 Å². The summed E-state index contributed by atoms with van der Waals surface area (Å²) in [4.78, 5) is 0.0258. The molecule has 9 nitrogen and oxygen atoms in total. The van der Waals surface area contributed by atoms with Crippen molar-refractivity contribution in [1.82, 2.24) is 30.0 Å². The SMILES string of the molecule is Cn1nc(-c2nnc(C(F)F)s2)c2cc(S(=O)(=O)NC3(C#N)CC3)cc(C3CCNCC3)c21. The van der Waals surface area contributed by atoms with E-state index in [0.717, 1.165) is 48.3 Å². The minimum absolute atomic E-state index is 0.0258. The lowest BCUT2D eigenvalue weighted by molar-refractivity contribution is 0.150. The van der Waals surface area contributed by atoms with Gasteiger partial charge in [0.15, 0.2) is 10.0 Å². The van der Waals surface area contributed by atoms with Crippen molar-refractivity contribution in [2.75, 3.05) is 13.1 Å². The third kappa shape index (κ3) is 4.01. The van der Waals surface area contributed by atoms with Gasteiger partial charge in [-0.15, -0.1) is 10.2 Å². The molecule has 0 bridgehead atoms. The summed E-state index contributed by atoms with van der Waals surface area (Å²) >= 11 is 0.734. The van der Waals surface area contributed by atoms with E-state index < -0.39 is 27.0 Å². The third-order valence-electron chi connectivity index (χ3n) is 6.15. The summed E-state index contributed by atoms with van der Waals surface area (Å²) < 4.78 is 56.9. The van der Waals surface area contributed by atoms with Crippen molar-refractivity contribution < 1.29 is 17.2 Å². The number of nitrogens with zero attached hydrogens (tertiary/aromatic N) is 5. The maximum atomic E-state index is 13.2. The van der Waals surface area contributed by atoms with E-state index in [2.05, 4.69) is 25.3 Å². The molecule has 5 rings (SSSR count). The number of nitriles is 1. The summed E-state index contributed by atoms with van der Waals surface area (Å²) in [5, 5.41) is 24.9. The average Bonchev–Trinajstić information content (AvgIpc) is 3.23. The molecule has 2 aliphatic rings. The second-order valence-corrected chi connectivity index (χ2v) is 11.1. The van der Waals surface area contributed by atoms with Crippen molar-refractivity contribution in [3.05, 3.63) is 22.7 Å². The molecule has 33 heavy (non-hydrogen) atoms. The van der Waals surface area contributed by atoms with E-state index >= 15 is 0 Å². The Bertz CT molecular complexity index is 1370. The molecule has 3 heterocycles. The van der Waals surface area contributed by atoms with Crippen LogP contribution >= 0.6 is 11.3 Å². The zero-order chi connectivity index (χ0) is 23.4. The first-order valence-corrected chi connectivity index (χ1v) is 12.8. The lowest BCUT2D eigenvalue weighted by Crippen LogP contribution is -2.35. The van der Waals surface area contributed by atoms with E-state index in [1.54, 1.807) is 17.8 Å². The number of benzene rings is 1. The lowest BCUT2D eigenvalue weighted by atomic mass is 9.88. The van der Waals surface area contributed by atoms with Crippen molar-refractivity contribution in [3.8, 4) is 16.8 Å². The summed E-state index contributed by atoms with van der Waals surface area (Å²) in [7, 11) is -2.25. The molecule has 0 amide bonds. The van der Waals surface area contributed by atoms with Crippen molar-refractivity contribution in [2.45, 2.75) is 48.5 Å². The summed E-state index contributed by atoms with van der Waals surface area (Å²) in [6, 6.07) is 5.19. The Labute approximate surface area is 192 Å². The number of nitrogens with one attached hydrogen (secondary N) is 2. The number of rotatable bonds is 6. The highest BCUT2D eigenvalue weighted by molar-refractivity contribution is 7.89. The molecule has 1 saturated heterocycles. The molecule has 174 valence electrons. The number of hydrogen-bond donors (Lipinski definition) is 2. The molecule has 0 radical (unpaired) electrons. The Balaban J connectivity index is 1.70. The van der Waals surface area contributed by atoms with Gasteiger partial charge in [0.05, 0.1) is 16.5 Å². The van der Waals surface area contributed by atoms with Crippen molar-refractivity contribution in [3.63, 3.8) is 0 Å². The number of halogens is 2. The molecule has 1 saturated carbocycles. The predicted octanol–water partition coefficient (Wildman–Crippen LogP) is 2.83. The molecule has 0 atom stereocenters. The number of sulfonamides is 1. The maximum absolute atomic E-state index is 13.2. The van der Waals surface area contributed by atoms with Gasteiger partial charge in [-0.3, -0.25) is 4.68 Å². The molecule has 0 spiro atoms. The maximum Gasteiger partial charge on any atom is 0.291 e.